The van der Waals surface area contributed by atoms with Gasteiger partial charge in [-0.15, -0.1) is 4.28 Å². The number of carbonyl (C=O) groups is 2. The Kier molecular flexibility index (Phi) is 5.82. The summed E-state index contributed by atoms with van der Waals surface area (Å²) in [6.07, 6.45) is 1.44. The lowest BCUT2D eigenvalue weighted by atomic mass is 10.0. The normalized spacial score (nSPS) is 30.4. The molecule has 0 aromatic carbocycles. The highest BCUT2D eigenvalue weighted by Gasteiger charge is 2.49. The van der Waals surface area contributed by atoms with Gasteiger partial charge in [-0.1, -0.05) is 0 Å². The molecule has 3 heterocycles. The molecule has 0 aliphatic carbocycles. The SMILES string of the molecule is [C-]#[N+]C[C@H]1CN[C@H](CONC(=O)[C@@H]2CC[C@@H]3CN2C(=O)N3OS(=O)(=O)O)C1. The molecule has 0 radical (unpaired) electrons. The van der Waals surface area contributed by atoms with E-state index in [0.29, 0.717) is 24.4 Å². The molecule has 0 unspecified atom stereocenters. The molecular formula is C14H21N5O7S. The highest BCUT2D eigenvalue weighted by molar-refractivity contribution is 7.80. The van der Waals surface area contributed by atoms with Crippen LogP contribution in [0.15, 0.2) is 0 Å². The maximum Gasteiger partial charge on any atom is 0.418 e. The topological polar surface area (TPSA) is 142 Å². The van der Waals surface area contributed by atoms with Crippen LogP contribution in [0.4, 0.5) is 4.79 Å². The van der Waals surface area contributed by atoms with E-state index in [4.69, 9.17) is 16.0 Å². The van der Waals surface area contributed by atoms with Crippen molar-refractivity contribution < 1.29 is 31.7 Å². The lowest BCUT2D eigenvalue weighted by molar-refractivity contribution is -0.139. The third-order valence-electron chi connectivity index (χ3n) is 4.92. The van der Waals surface area contributed by atoms with Crippen LogP contribution in [0.1, 0.15) is 19.3 Å². The van der Waals surface area contributed by atoms with Crippen molar-refractivity contribution in [2.45, 2.75) is 37.4 Å². The molecule has 3 saturated heterocycles. The molecule has 3 fully saturated rings. The molecule has 3 N–H and O–H groups in total. The fourth-order valence-electron chi connectivity index (χ4n) is 3.68. The van der Waals surface area contributed by atoms with Crippen molar-refractivity contribution in [1.29, 1.82) is 0 Å². The summed E-state index contributed by atoms with van der Waals surface area (Å²) in [6.45, 7) is 8.43. The van der Waals surface area contributed by atoms with Gasteiger partial charge in [-0.2, -0.15) is 13.5 Å². The zero-order valence-corrected chi connectivity index (χ0v) is 15.2. The molecule has 3 amide bonds. The van der Waals surface area contributed by atoms with Crippen molar-refractivity contribution in [1.82, 2.24) is 20.8 Å². The number of amides is 3. The second-order valence-electron chi connectivity index (χ2n) is 6.83. The second kappa shape index (κ2) is 7.95. The first-order chi connectivity index (χ1) is 12.8. The van der Waals surface area contributed by atoms with Gasteiger partial charge < -0.3 is 15.1 Å². The fraction of sp³-hybridized carbons (Fsp3) is 0.786. The largest absolute Gasteiger partial charge is 0.418 e. The van der Waals surface area contributed by atoms with Gasteiger partial charge >= 0.3 is 16.4 Å². The van der Waals surface area contributed by atoms with Crippen molar-refractivity contribution >= 4 is 22.3 Å². The monoisotopic (exact) mass is 403 g/mol. The van der Waals surface area contributed by atoms with Gasteiger partial charge in [0.15, 0.2) is 0 Å². The lowest BCUT2D eigenvalue weighted by Gasteiger charge is -2.29. The van der Waals surface area contributed by atoms with E-state index in [1.165, 1.54) is 4.90 Å². The minimum Gasteiger partial charge on any atom is -0.317 e. The van der Waals surface area contributed by atoms with E-state index in [2.05, 4.69) is 19.9 Å². The van der Waals surface area contributed by atoms with Crippen LogP contribution in [0, 0.1) is 12.5 Å². The summed E-state index contributed by atoms with van der Waals surface area (Å²) in [5, 5.41) is 3.80. The molecule has 0 aromatic rings. The Morgan fingerprint density at radius 3 is 2.93 bits per heavy atom. The number of hydroxylamine groups is 3. The zero-order valence-electron chi connectivity index (χ0n) is 14.4. The molecule has 2 bridgehead atoms. The summed E-state index contributed by atoms with van der Waals surface area (Å²) in [4.78, 5) is 34.4. The van der Waals surface area contributed by atoms with Crippen LogP contribution in [0.5, 0.6) is 0 Å². The number of piperidine rings is 1. The lowest BCUT2D eigenvalue weighted by Crippen LogP contribution is -2.50. The minimum absolute atomic E-state index is 0.0415. The van der Waals surface area contributed by atoms with Crippen LogP contribution < -0.4 is 10.8 Å². The molecule has 150 valence electrons. The number of hydrogen-bond donors (Lipinski definition) is 3. The standard InChI is InChI=1S/C14H21N5O7S/c1-15-5-9-4-10(16-6-9)8-25-17-13(20)12-3-2-11-7-18(12)14(21)19(11)26-27(22,23)24/h9-12,16H,2-8H2,(H,17,20)(H,22,23,24)/t9-,10-,11+,12-/m0/s1. The van der Waals surface area contributed by atoms with Crippen molar-refractivity contribution in [2.75, 3.05) is 26.2 Å². The third-order valence-corrected chi connectivity index (χ3v) is 5.27. The highest BCUT2D eigenvalue weighted by Crippen LogP contribution is 2.30. The number of nitrogens with zero attached hydrogens (tertiary/aromatic N) is 3. The zero-order chi connectivity index (χ0) is 19.6. The number of urea groups is 1. The van der Waals surface area contributed by atoms with Crippen molar-refractivity contribution in [3.05, 3.63) is 11.4 Å². The molecule has 3 rings (SSSR count). The molecular weight excluding hydrogens is 382 g/mol. The van der Waals surface area contributed by atoms with Gasteiger partial charge in [0.2, 0.25) is 6.54 Å². The average Bonchev–Trinajstić information content (AvgIpc) is 3.13. The minimum atomic E-state index is -4.82. The van der Waals surface area contributed by atoms with Crippen LogP contribution >= 0.6 is 0 Å². The van der Waals surface area contributed by atoms with E-state index in [9.17, 15) is 18.0 Å². The highest BCUT2D eigenvalue weighted by atomic mass is 32.3. The van der Waals surface area contributed by atoms with E-state index in [1.54, 1.807) is 0 Å². The quantitative estimate of drug-likeness (QED) is 0.277. The van der Waals surface area contributed by atoms with Gasteiger partial charge in [0.25, 0.3) is 5.91 Å². The Bertz CT molecular complexity index is 739. The molecule has 3 aliphatic rings. The van der Waals surface area contributed by atoms with Gasteiger partial charge in [0.1, 0.15) is 6.04 Å². The summed E-state index contributed by atoms with van der Waals surface area (Å²) in [5.41, 5.74) is 2.33. The predicted octanol–water partition coefficient (Wildman–Crippen LogP) is -1.07. The van der Waals surface area contributed by atoms with Crippen LogP contribution in [-0.4, -0.2) is 79.2 Å². The van der Waals surface area contributed by atoms with E-state index >= 15 is 0 Å². The van der Waals surface area contributed by atoms with Gasteiger partial charge in [-0.25, -0.2) is 16.8 Å². The fourth-order valence-corrected chi connectivity index (χ4v) is 4.07. The predicted molar refractivity (Wildman–Crippen MR) is 88.8 cm³/mol. The molecule has 13 heteroatoms. The van der Waals surface area contributed by atoms with Crippen molar-refractivity contribution in [2.24, 2.45) is 5.92 Å². The Morgan fingerprint density at radius 1 is 1.44 bits per heavy atom. The van der Waals surface area contributed by atoms with Crippen molar-refractivity contribution in [3.63, 3.8) is 0 Å². The van der Waals surface area contributed by atoms with Gasteiger partial charge in [-0.05, 0) is 19.3 Å². The third kappa shape index (κ3) is 4.66. The molecule has 0 aromatic heterocycles. The summed E-state index contributed by atoms with van der Waals surface area (Å²) < 4.78 is 34.8. The van der Waals surface area contributed by atoms with E-state index in [1.807, 2.05) is 0 Å². The Balaban J connectivity index is 1.47. The molecule has 3 aliphatic heterocycles. The summed E-state index contributed by atoms with van der Waals surface area (Å²) in [5.74, 6) is -0.232. The van der Waals surface area contributed by atoms with Crippen LogP contribution in [0.2, 0.25) is 0 Å². The first-order valence-corrected chi connectivity index (χ1v) is 9.90. The Labute approximate surface area is 156 Å². The average molecular weight is 403 g/mol. The second-order valence-corrected chi connectivity index (χ2v) is 7.84. The van der Waals surface area contributed by atoms with Gasteiger partial charge in [-0.3, -0.25) is 14.2 Å². The summed E-state index contributed by atoms with van der Waals surface area (Å²) in [7, 11) is -4.82. The van der Waals surface area contributed by atoms with E-state index in [-0.39, 0.29) is 25.1 Å². The summed E-state index contributed by atoms with van der Waals surface area (Å²) in [6, 6.07) is -2.11. The summed E-state index contributed by atoms with van der Waals surface area (Å²) >= 11 is 0. The van der Waals surface area contributed by atoms with Gasteiger partial charge in [0, 0.05) is 25.0 Å². The Hall–Kier alpha value is -1.98. The first-order valence-electron chi connectivity index (χ1n) is 8.53. The number of fused-ring (bicyclic) bond motifs is 2. The number of nitrogens with one attached hydrogen (secondary N) is 2. The van der Waals surface area contributed by atoms with E-state index < -0.39 is 34.4 Å². The smallest absolute Gasteiger partial charge is 0.317 e. The van der Waals surface area contributed by atoms with Crippen LogP contribution in [0.3, 0.4) is 0 Å². The molecule has 12 nitrogen and oxygen atoms in total. The number of carbonyl (C=O) groups excluding carboxylic acids is 2. The van der Waals surface area contributed by atoms with Crippen molar-refractivity contribution in [3.8, 4) is 0 Å². The molecule has 27 heavy (non-hydrogen) atoms. The number of rotatable bonds is 7. The molecule has 4 atom stereocenters. The van der Waals surface area contributed by atoms with Crippen LogP contribution in [-0.2, 0) is 24.3 Å². The molecule has 0 saturated carbocycles. The van der Waals surface area contributed by atoms with E-state index in [0.717, 1.165) is 13.0 Å². The molecule has 0 spiro atoms. The Morgan fingerprint density at radius 2 is 2.22 bits per heavy atom. The van der Waals surface area contributed by atoms with Crippen LogP contribution in [0.25, 0.3) is 4.85 Å². The first kappa shape index (κ1) is 19.8. The number of hydrogen-bond acceptors (Lipinski definition) is 7. The maximum atomic E-state index is 12.3. The van der Waals surface area contributed by atoms with Gasteiger partial charge in [0.05, 0.1) is 12.6 Å². The maximum absolute atomic E-state index is 12.3.